The Balaban J connectivity index is 2.08. The summed E-state index contributed by atoms with van der Waals surface area (Å²) in [4.78, 5) is 0. The Labute approximate surface area is 89.7 Å². The van der Waals surface area contributed by atoms with Gasteiger partial charge in [-0.1, -0.05) is 23.7 Å². The van der Waals surface area contributed by atoms with Gasteiger partial charge in [-0.15, -0.1) is 0 Å². The lowest BCUT2D eigenvalue weighted by atomic mass is 9.83. The largest absolute Gasteiger partial charge is 0.393 e. The maximum Gasteiger partial charge on any atom is 0.0540 e. The molecule has 0 saturated heterocycles. The summed E-state index contributed by atoms with van der Waals surface area (Å²) in [6.45, 7) is 0. The molecule has 0 amide bonds. The Morgan fingerprint density at radius 1 is 1.14 bits per heavy atom. The van der Waals surface area contributed by atoms with Crippen molar-refractivity contribution in [1.29, 1.82) is 0 Å². The Morgan fingerprint density at radius 2 is 1.86 bits per heavy atom. The molecule has 2 heteroatoms. The minimum atomic E-state index is -0.0783. The SMILES string of the molecule is OC1CCC(c2cccc(Cl)c2)CC1. The van der Waals surface area contributed by atoms with E-state index in [0.29, 0.717) is 5.92 Å². The fourth-order valence-corrected chi connectivity index (χ4v) is 2.37. The van der Waals surface area contributed by atoms with Crippen LogP contribution in [0.4, 0.5) is 0 Å². The number of benzene rings is 1. The summed E-state index contributed by atoms with van der Waals surface area (Å²) in [6, 6.07) is 8.09. The van der Waals surface area contributed by atoms with Crippen molar-refractivity contribution >= 4 is 11.6 Å². The van der Waals surface area contributed by atoms with Gasteiger partial charge in [-0.25, -0.2) is 0 Å². The van der Waals surface area contributed by atoms with Crippen LogP contribution in [0.15, 0.2) is 24.3 Å². The van der Waals surface area contributed by atoms with Gasteiger partial charge in [-0.2, -0.15) is 0 Å². The third-order valence-electron chi connectivity index (χ3n) is 3.02. The van der Waals surface area contributed by atoms with Gasteiger partial charge in [0.25, 0.3) is 0 Å². The van der Waals surface area contributed by atoms with E-state index in [0.717, 1.165) is 30.7 Å². The summed E-state index contributed by atoms with van der Waals surface area (Å²) in [7, 11) is 0. The molecule has 1 fully saturated rings. The topological polar surface area (TPSA) is 20.2 Å². The van der Waals surface area contributed by atoms with Gasteiger partial charge in [-0.05, 0) is 49.3 Å². The van der Waals surface area contributed by atoms with Crippen molar-refractivity contribution in [3.63, 3.8) is 0 Å². The second-order valence-corrected chi connectivity index (χ2v) is 4.50. The lowest BCUT2D eigenvalue weighted by molar-refractivity contribution is 0.122. The van der Waals surface area contributed by atoms with E-state index in [1.807, 2.05) is 18.2 Å². The van der Waals surface area contributed by atoms with Crippen LogP contribution in [-0.2, 0) is 0 Å². The minimum absolute atomic E-state index is 0.0783. The summed E-state index contributed by atoms with van der Waals surface area (Å²) < 4.78 is 0. The molecule has 14 heavy (non-hydrogen) atoms. The molecule has 1 aromatic carbocycles. The minimum Gasteiger partial charge on any atom is -0.393 e. The van der Waals surface area contributed by atoms with Gasteiger partial charge in [-0.3, -0.25) is 0 Å². The predicted octanol–water partition coefficient (Wildman–Crippen LogP) is 3.36. The second-order valence-electron chi connectivity index (χ2n) is 4.06. The summed E-state index contributed by atoms with van der Waals surface area (Å²) in [5, 5.41) is 10.2. The molecule has 1 nitrogen and oxygen atoms in total. The van der Waals surface area contributed by atoms with Gasteiger partial charge in [0.2, 0.25) is 0 Å². The summed E-state index contributed by atoms with van der Waals surface area (Å²) >= 11 is 5.94. The van der Waals surface area contributed by atoms with Crippen molar-refractivity contribution in [2.75, 3.05) is 0 Å². The average molecular weight is 211 g/mol. The molecule has 0 heterocycles. The number of halogens is 1. The van der Waals surface area contributed by atoms with Crippen molar-refractivity contribution in [3.05, 3.63) is 34.9 Å². The van der Waals surface area contributed by atoms with E-state index in [2.05, 4.69) is 6.07 Å². The predicted molar refractivity (Wildman–Crippen MR) is 58.7 cm³/mol. The highest BCUT2D eigenvalue weighted by Gasteiger charge is 2.20. The zero-order chi connectivity index (χ0) is 9.97. The first-order valence-corrected chi connectivity index (χ1v) is 5.57. The molecule has 0 unspecified atom stereocenters. The third-order valence-corrected chi connectivity index (χ3v) is 3.25. The first-order valence-electron chi connectivity index (χ1n) is 5.19. The number of hydrogen-bond acceptors (Lipinski definition) is 1. The van der Waals surface area contributed by atoms with E-state index in [-0.39, 0.29) is 6.10 Å². The van der Waals surface area contributed by atoms with Crippen molar-refractivity contribution in [2.45, 2.75) is 37.7 Å². The number of hydrogen-bond donors (Lipinski definition) is 1. The first kappa shape index (κ1) is 10.0. The van der Waals surface area contributed by atoms with Crippen molar-refractivity contribution in [3.8, 4) is 0 Å². The van der Waals surface area contributed by atoms with Gasteiger partial charge in [0, 0.05) is 5.02 Å². The maximum atomic E-state index is 9.40. The molecule has 0 aromatic heterocycles. The van der Waals surface area contributed by atoms with Crippen LogP contribution in [0.25, 0.3) is 0 Å². The van der Waals surface area contributed by atoms with E-state index in [9.17, 15) is 5.11 Å². The molecule has 0 aliphatic heterocycles. The summed E-state index contributed by atoms with van der Waals surface area (Å²) in [5.74, 6) is 0.595. The van der Waals surface area contributed by atoms with Gasteiger partial charge in [0.1, 0.15) is 0 Å². The molecular weight excluding hydrogens is 196 g/mol. The highest BCUT2D eigenvalue weighted by Crippen LogP contribution is 2.33. The van der Waals surface area contributed by atoms with Crippen LogP contribution >= 0.6 is 11.6 Å². The molecule has 0 spiro atoms. The number of aliphatic hydroxyl groups is 1. The van der Waals surface area contributed by atoms with Gasteiger partial charge in [0.05, 0.1) is 6.10 Å². The van der Waals surface area contributed by atoms with Crippen LogP contribution in [-0.4, -0.2) is 11.2 Å². The molecule has 0 radical (unpaired) electrons. The smallest absolute Gasteiger partial charge is 0.0540 e. The van der Waals surface area contributed by atoms with Gasteiger partial charge in [0.15, 0.2) is 0 Å². The van der Waals surface area contributed by atoms with Crippen LogP contribution < -0.4 is 0 Å². The molecule has 1 aliphatic rings. The Bertz CT molecular complexity index is 303. The van der Waals surface area contributed by atoms with Crippen LogP contribution in [0.5, 0.6) is 0 Å². The lowest BCUT2D eigenvalue weighted by Crippen LogP contribution is -2.16. The quantitative estimate of drug-likeness (QED) is 0.754. The van der Waals surface area contributed by atoms with Crippen LogP contribution in [0, 0.1) is 0 Å². The van der Waals surface area contributed by atoms with Crippen LogP contribution in [0.3, 0.4) is 0 Å². The van der Waals surface area contributed by atoms with Crippen molar-refractivity contribution < 1.29 is 5.11 Å². The molecule has 76 valence electrons. The highest BCUT2D eigenvalue weighted by molar-refractivity contribution is 6.30. The zero-order valence-corrected chi connectivity index (χ0v) is 8.87. The zero-order valence-electron chi connectivity index (χ0n) is 8.12. The van der Waals surface area contributed by atoms with Gasteiger partial charge >= 0.3 is 0 Å². The molecule has 1 N–H and O–H groups in total. The van der Waals surface area contributed by atoms with Crippen LogP contribution in [0.2, 0.25) is 5.02 Å². The van der Waals surface area contributed by atoms with E-state index >= 15 is 0 Å². The summed E-state index contributed by atoms with van der Waals surface area (Å²) in [6.07, 6.45) is 3.95. The Kier molecular flexibility index (Phi) is 3.09. The van der Waals surface area contributed by atoms with Crippen LogP contribution in [0.1, 0.15) is 37.2 Å². The average Bonchev–Trinajstić information content (AvgIpc) is 2.19. The molecular formula is C12H15ClO. The molecule has 0 atom stereocenters. The van der Waals surface area contributed by atoms with E-state index < -0.39 is 0 Å². The monoisotopic (exact) mass is 210 g/mol. The lowest BCUT2D eigenvalue weighted by Gasteiger charge is -2.25. The van der Waals surface area contributed by atoms with E-state index in [1.54, 1.807) is 0 Å². The number of aliphatic hydroxyl groups excluding tert-OH is 1. The fourth-order valence-electron chi connectivity index (χ4n) is 2.17. The van der Waals surface area contributed by atoms with Crippen molar-refractivity contribution in [2.24, 2.45) is 0 Å². The van der Waals surface area contributed by atoms with Crippen molar-refractivity contribution in [1.82, 2.24) is 0 Å². The molecule has 2 rings (SSSR count). The Hall–Kier alpha value is -0.530. The van der Waals surface area contributed by atoms with Gasteiger partial charge < -0.3 is 5.11 Å². The molecule has 0 bridgehead atoms. The Morgan fingerprint density at radius 3 is 2.50 bits per heavy atom. The van der Waals surface area contributed by atoms with E-state index in [1.165, 1.54) is 5.56 Å². The molecule has 1 aliphatic carbocycles. The summed E-state index contributed by atoms with van der Waals surface area (Å²) in [5.41, 5.74) is 1.32. The first-order chi connectivity index (χ1) is 6.75. The third kappa shape index (κ3) is 2.28. The normalized spacial score (nSPS) is 27.6. The molecule has 1 aromatic rings. The standard InChI is InChI=1S/C12H15ClO/c13-11-3-1-2-10(8-11)9-4-6-12(14)7-5-9/h1-3,8-9,12,14H,4-7H2. The number of rotatable bonds is 1. The second kappa shape index (κ2) is 4.33. The van der Waals surface area contributed by atoms with E-state index in [4.69, 9.17) is 11.6 Å². The maximum absolute atomic E-state index is 9.40. The highest BCUT2D eigenvalue weighted by atomic mass is 35.5. The fraction of sp³-hybridized carbons (Fsp3) is 0.500. The molecule has 1 saturated carbocycles.